The number of hydrogen-bond acceptors (Lipinski definition) is 2. The molecule has 0 radical (unpaired) electrons. The van der Waals surface area contributed by atoms with Crippen molar-refractivity contribution >= 4 is 11.8 Å². The van der Waals surface area contributed by atoms with E-state index in [0.29, 0.717) is 18.9 Å². The molecule has 3 rings (SSSR count). The summed E-state index contributed by atoms with van der Waals surface area (Å²) in [4.78, 5) is 26.0. The van der Waals surface area contributed by atoms with Crippen molar-refractivity contribution in [3.63, 3.8) is 0 Å². The van der Waals surface area contributed by atoms with Crippen molar-refractivity contribution in [2.24, 2.45) is 11.8 Å². The predicted octanol–water partition coefficient (Wildman–Crippen LogP) is 2.18. The zero-order valence-electron chi connectivity index (χ0n) is 10.8. The molecule has 0 spiro atoms. The van der Waals surface area contributed by atoms with Crippen LogP contribution in [0.5, 0.6) is 0 Å². The van der Waals surface area contributed by atoms with E-state index < -0.39 is 0 Å². The van der Waals surface area contributed by atoms with Crippen LogP contribution in [0.3, 0.4) is 0 Å². The normalized spacial score (nSPS) is 25.5. The average Bonchev–Trinajstić information content (AvgIpc) is 2.78. The first-order valence-electron chi connectivity index (χ1n) is 6.79. The van der Waals surface area contributed by atoms with Crippen molar-refractivity contribution in [2.45, 2.75) is 19.3 Å². The minimum absolute atomic E-state index is 0.0234. The first-order chi connectivity index (χ1) is 9.25. The number of benzene rings is 1. The van der Waals surface area contributed by atoms with Gasteiger partial charge in [0.2, 0.25) is 11.8 Å². The van der Waals surface area contributed by atoms with Crippen LogP contribution in [-0.2, 0) is 16.0 Å². The maximum absolute atomic E-state index is 12.3. The van der Waals surface area contributed by atoms with Crippen molar-refractivity contribution in [3.05, 3.63) is 48.0 Å². The second-order valence-corrected chi connectivity index (χ2v) is 5.31. The van der Waals surface area contributed by atoms with E-state index in [2.05, 4.69) is 12.2 Å². The Bertz CT molecular complexity index is 521. The number of likely N-dealkylation sites (tertiary alicyclic amines) is 1. The summed E-state index contributed by atoms with van der Waals surface area (Å²) in [5.74, 6) is 0.322. The summed E-state index contributed by atoms with van der Waals surface area (Å²) in [5.41, 5.74) is 0.966. The van der Waals surface area contributed by atoms with Crippen LogP contribution < -0.4 is 0 Å². The molecule has 2 atom stereocenters. The molecule has 1 aromatic carbocycles. The maximum atomic E-state index is 12.3. The number of carbonyl (C=O) groups excluding carboxylic acids is 2. The Morgan fingerprint density at radius 1 is 1.16 bits per heavy atom. The highest BCUT2D eigenvalue weighted by atomic mass is 16.2. The minimum Gasteiger partial charge on any atom is -0.282 e. The van der Waals surface area contributed by atoms with Crippen LogP contribution in [0.4, 0.5) is 0 Å². The van der Waals surface area contributed by atoms with Crippen molar-refractivity contribution in [3.8, 4) is 0 Å². The van der Waals surface area contributed by atoms with Gasteiger partial charge in [-0.15, -0.1) is 0 Å². The Labute approximate surface area is 112 Å². The second-order valence-electron chi connectivity index (χ2n) is 5.31. The molecule has 19 heavy (non-hydrogen) atoms. The summed E-state index contributed by atoms with van der Waals surface area (Å²) in [6.07, 6.45) is 6.22. The highest BCUT2D eigenvalue weighted by Crippen LogP contribution is 2.34. The van der Waals surface area contributed by atoms with E-state index in [1.165, 1.54) is 4.90 Å². The zero-order chi connectivity index (χ0) is 13.2. The van der Waals surface area contributed by atoms with Crippen LogP contribution in [-0.4, -0.2) is 23.3 Å². The third-order valence-electron chi connectivity index (χ3n) is 4.06. The van der Waals surface area contributed by atoms with E-state index >= 15 is 0 Å². The molecule has 3 heteroatoms. The predicted molar refractivity (Wildman–Crippen MR) is 72.2 cm³/mol. The number of rotatable bonds is 2. The Kier molecular flexibility index (Phi) is 3.20. The summed E-state index contributed by atoms with van der Waals surface area (Å²) < 4.78 is 0. The lowest BCUT2D eigenvalue weighted by molar-refractivity contribution is -0.142. The molecular weight excluding hydrogens is 238 g/mol. The number of hydrogen-bond donors (Lipinski definition) is 0. The van der Waals surface area contributed by atoms with Gasteiger partial charge in [0.25, 0.3) is 0 Å². The number of fused-ring (bicyclic) bond motifs is 1. The van der Waals surface area contributed by atoms with E-state index in [4.69, 9.17) is 0 Å². The SMILES string of the molecule is O=C(Cc1ccccc1)N1C[C@H]2CC=CC[C@H]2C1=O. The second kappa shape index (κ2) is 5.00. The standard InChI is InChI=1S/C16H17NO2/c18-15(10-12-6-2-1-3-7-12)17-11-13-8-4-5-9-14(13)16(17)19/h1-7,13-14H,8-11H2/t13-,14-/m1/s1. The molecule has 0 bridgehead atoms. The molecule has 2 aliphatic rings. The fourth-order valence-corrected chi connectivity index (χ4v) is 2.99. The topological polar surface area (TPSA) is 37.4 Å². The van der Waals surface area contributed by atoms with E-state index in [9.17, 15) is 9.59 Å². The maximum Gasteiger partial charge on any atom is 0.233 e. The lowest BCUT2D eigenvalue weighted by Crippen LogP contribution is -2.34. The summed E-state index contributed by atoms with van der Waals surface area (Å²) in [6.45, 7) is 0.597. The lowest BCUT2D eigenvalue weighted by atomic mass is 9.86. The van der Waals surface area contributed by atoms with Crippen LogP contribution in [0.2, 0.25) is 0 Å². The molecule has 0 aromatic heterocycles. The molecule has 1 saturated heterocycles. The van der Waals surface area contributed by atoms with Crippen molar-refractivity contribution in [2.75, 3.05) is 6.54 Å². The minimum atomic E-state index is -0.0643. The van der Waals surface area contributed by atoms with Gasteiger partial charge >= 0.3 is 0 Å². The van der Waals surface area contributed by atoms with Gasteiger partial charge in [0.1, 0.15) is 0 Å². The van der Waals surface area contributed by atoms with Gasteiger partial charge in [-0.05, 0) is 24.3 Å². The smallest absolute Gasteiger partial charge is 0.233 e. The molecule has 1 aliphatic carbocycles. The van der Waals surface area contributed by atoms with Crippen LogP contribution in [0.1, 0.15) is 18.4 Å². The quantitative estimate of drug-likeness (QED) is 0.760. The summed E-state index contributed by atoms with van der Waals surface area (Å²) in [6, 6.07) is 9.60. The van der Waals surface area contributed by atoms with Crippen LogP contribution in [0, 0.1) is 11.8 Å². The van der Waals surface area contributed by atoms with E-state index in [1.807, 2.05) is 30.3 Å². The highest BCUT2D eigenvalue weighted by Gasteiger charge is 2.42. The Balaban J connectivity index is 1.70. The van der Waals surface area contributed by atoms with Gasteiger partial charge in [0.15, 0.2) is 0 Å². The fraction of sp³-hybridized carbons (Fsp3) is 0.375. The van der Waals surface area contributed by atoms with Gasteiger partial charge in [0, 0.05) is 12.5 Å². The van der Waals surface area contributed by atoms with E-state index in [0.717, 1.165) is 18.4 Å². The number of carbonyl (C=O) groups is 2. The van der Waals surface area contributed by atoms with Crippen molar-refractivity contribution in [1.82, 2.24) is 4.90 Å². The average molecular weight is 255 g/mol. The molecule has 1 heterocycles. The van der Waals surface area contributed by atoms with Gasteiger partial charge in [-0.25, -0.2) is 0 Å². The Hall–Kier alpha value is -1.90. The Morgan fingerprint density at radius 2 is 1.89 bits per heavy atom. The van der Waals surface area contributed by atoms with Crippen molar-refractivity contribution < 1.29 is 9.59 Å². The largest absolute Gasteiger partial charge is 0.282 e. The summed E-state index contributed by atoms with van der Waals surface area (Å²) >= 11 is 0. The van der Waals surface area contributed by atoms with Gasteiger partial charge < -0.3 is 0 Å². The lowest BCUT2D eigenvalue weighted by Gasteiger charge is -2.16. The molecule has 0 saturated carbocycles. The molecule has 1 aliphatic heterocycles. The third kappa shape index (κ3) is 2.33. The number of imide groups is 1. The summed E-state index contributed by atoms with van der Waals surface area (Å²) in [7, 11) is 0. The molecule has 1 fully saturated rings. The zero-order valence-corrected chi connectivity index (χ0v) is 10.8. The molecule has 2 amide bonds. The number of allylic oxidation sites excluding steroid dienone is 2. The molecular formula is C16H17NO2. The number of nitrogens with zero attached hydrogens (tertiary/aromatic N) is 1. The molecule has 3 nitrogen and oxygen atoms in total. The first kappa shape index (κ1) is 12.2. The fourth-order valence-electron chi connectivity index (χ4n) is 2.99. The van der Waals surface area contributed by atoms with Crippen LogP contribution >= 0.6 is 0 Å². The summed E-state index contributed by atoms with van der Waals surface area (Å²) in [5, 5.41) is 0. The monoisotopic (exact) mass is 255 g/mol. The Morgan fingerprint density at radius 3 is 2.63 bits per heavy atom. The third-order valence-corrected chi connectivity index (χ3v) is 4.06. The van der Waals surface area contributed by atoms with Gasteiger partial charge in [-0.3, -0.25) is 14.5 Å². The highest BCUT2D eigenvalue weighted by molar-refractivity contribution is 5.99. The van der Waals surface area contributed by atoms with Gasteiger partial charge in [-0.2, -0.15) is 0 Å². The molecule has 0 unspecified atom stereocenters. The van der Waals surface area contributed by atoms with Crippen LogP contribution in [0.15, 0.2) is 42.5 Å². The van der Waals surface area contributed by atoms with E-state index in [-0.39, 0.29) is 17.7 Å². The molecule has 0 N–H and O–H groups in total. The number of amides is 2. The first-order valence-corrected chi connectivity index (χ1v) is 6.79. The van der Waals surface area contributed by atoms with Gasteiger partial charge in [0.05, 0.1) is 6.42 Å². The van der Waals surface area contributed by atoms with Crippen LogP contribution in [0.25, 0.3) is 0 Å². The molecule has 98 valence electrons. The molecule has 1 aromatic rings. The van der Waals surface area contributed by atoms with E-state index in [1.54, 1.807) is 0 Å². The van der Waals surface area contributed by atoms with Gasteiger partial charge in [-0.1, -0.05) is 42.5 Å². The van der Waals surface area contributed by atoms with Crippen molar-refractivity contribution in [1.29, 1.82) is 0 Å².